The number of nitrogens with zero attached hydrogens (tertiary/aromatic N) is 2. The van der Waals surface area contributed by atoms with Gasteiger partial charge < -0.3 is 19.9 Å². The maximum absolute atomic E-state index is 12.1. The van der Waals surface area contributed by atoms with Crippen LogP contribution in [0.1, 0.15) is 10.4 Å². The Balaban J connectivity index is 1.74. The van der Waals surface area contributed by atoms with Crippen LogP contribution in [0.5, 0.6) is 0 Å². The average Bonchev–Trinajstić information content (AvgIpc) is 2.64. The number of carbonyl (C=O) groups excluding carboxylic acids is 3. The fourth-order valence-corrected chi connectivity index (χ4v) is 2.32. The first kappa shape index (κ1) is 17.5. The maximum atomic E-state index is 12.1. The molecule has 0 aliphatic carbocycles. The van der Waals surface area contributed by atoms with Gasteiger partial charge in [-0.1, -0.05) is 30.9 Å². The van der Waals surface area contributed by atoms with Crippen LogP contribution in [0.2, 0.25) is 0 Å². The van der Waals surface area contributed by atoms with Gasteiger partial charge in [-0.05, 0) is 12.1 Å². The van der Waals surface area contributed by atoms with Gasteiger partial charge in [-0.15, -0.1) is 0 Å². The molecule has 3 amide bonds. The first-order chi connectivity index (χ1) is 11.6. The molecule has 1 heterocycles. The molecule has 1 aliphatic heterocycles. The standard InChI is InChI=1S/C17H21N3O4/c1-2-12-24-17(23)20-10-8-19(9-11-20)15(21)13-18-16(22)14-6-4-3-5-7-14/h2-7H,1,8-13H2,(H,18,22). The van der Waals surface area contributed by atoms with Gasteiger partial charge >= 0.3 is 6.09 Å². The van der Waals surface area contributed by atoms with Crippen LogP contribution in [-0.2, 0) is 9.53 Å². The van der Waals surface area contributed by atoms with Gasteiger partial charge in [0.1, 0.15) is 6.61 Å². The van der Waals surface area contributed by atoms with Crippen LogP contribution >= 0.6 is 0 Å². The molecule has 0 aromatic heterocycles. The SMILES string of the molecule is C=CCOC(=O)N1CCN(C(=O)CNC(=O)c2ccccc2)CC1. The highest BCUT2D eigenvalue weighted by Gasteiger charge is 2.24. The number of amides is 3. The predicted octanol–water partition coefficient (Wildman–Crippen LogP) is 0.883. The number of piperazine rings is 1. The van der Waals surface area contributed by atoms with Crippen molar-refractivity contribution in [2.24, 2.45) is 0 Å². The summed E-state index contributed by atoms with van der Waals surface area (Å²) in [5, 5.41) is 2.61. The van der Waals surface area contributed by atoms with Crippen LogP contribution in [0.3, 0.4) is 0 Å². The summed E-state index contributed by atoms with van der Waals surface area (Å²) in [7, 11) is 0. The second-order valence-corrected chi connectivity index (χ2v) is 5.28. The lowest BCUT2D eigenvalue weighted by atomic mass is 10.2. The topological polar surface area (TPSA) is 79.0 Å². The number of benzene rings is 1. The molecule has 0 radical (unpaired) electrons. The van der Waals surface area contributed by atoms with Crippen molar-refractivity contribution < 1.29 is 19.1 Å². The minimum Gasteiger partial charge on any atom is -0.445 e. The average molecular weight is 331 g/mol. The Morgan fingerprint density at radius 2 is 1.71 bits per heavy atom. The van der Waals surface area contributed by atoms with E-state index in [1.165, 1.54) is 6.08 Å². The zero-order chi connectivity index (χ0) is 17.4. The van der Waals surface area contributed by atoms with Crippen molar-refractivity contribution in [1.29, 1.82) is 0 Å². The molecule has 1 aromatic carbocycles. The molecule has 0 bridgehead atoms. The van der Waals surface area contributed by atoms with Gasteiger partial charge in [0.05, 0.1) is 6.54 Å². The molecule has 1 N–H and O–H groups in total. The molecule has 0 atom stereocenters. The molecule has 1 fully saturated rings. The van der Waals surface area contributed by atoms with E-state index in [9.17, 15) is 14.4 Å². The maximum Gasteiger partial charge on any atom is 0.410 e. The Morgan fingerprint density at radius 1 is 1.08 bits per heavy atom. The van der Waals surface area contributed by atoms with Crippen molar-refractivity contribution in [3.05, 3.63) is 48.6 Å². The van der Waals surface area contributed by atoms with E-state index >= 15 is 0 Å². The van der Waals surface area contributed by atoms with Gasteiger partial charge in [0.2, 0.25) is 5.91 Å². The summed E-state index contributed by atoms with van der Waals surface area (Å²) in [6.45, 7) is 5.26. The Labute approximate surface area is 140 Å². The molecule has 7 nitrogen and oxygen atoms in total. The molecule has 0 unspecified atom stereocenters. The number of rotatable bonds is 5. The largest absolute Gasteiger partial charge is 0.445 e. The molecule has 0 spiro atoms. The highest BCUT2D eigenvalue weighted by atomic mass is 16.6. The number of hydrogen-bond donors (Lipinski definition) is 1. The first-order valence-electron chi connectivity index (χ1n) is 7.75. The number of nitrogens with one attached hydrogen (secondary N) is 1. The molecule has 24 heavy (non-hydrogen) atoms. The van der Waals surface area contributed by atoms with Crippen molar-refractivity contribution in [2.45, 2.75) is 0 Å². The lowest BCUT2D eigenvalue weighted by Crippen LogP contribution is -2.52. The molecule has 1 aliphatic rings. The quantitative estimate of drug-likeness (QED) is 0.813. The molecule has 7 heteroatoms. The van der Waals surface area contributed by atoms with Crippen LogP contribution in [0.25, 0.3) is 0 Å². The van der Waals surface area contributed by atoms with Gasteiger partial charge in [0, 0.05) is 31.7 Å². The third-order valence-electron chi connectivity index (χ3n) is 3.65. The highest BCUT2D eigenvalue weighted by molar-refractivity contribution is 5.96. The lowest BCUT2D eigenvalue weighted by molar-refractivity contribution is -0.131. The van der Waals surface area contributed by atoms with Crippen LogP contribution in [-0.4, -0.2) is 67.0 Å². The monoisotopic (exact) mass is 331 g/mol. The van der Waals surface area contributed by atoms with Crippen molar-refractivity contribution in [3.63, 3.8) is 0 Å². The van der Waals surface area contributed by atoms with Crippen molar-refractivity contribution >= 4 is 17.9 Å². The summed E-state index contributed by atoms with van der Waals surface area (Å²) in [4.78, 5) is 38.9. The Morgan fingerprint density at radius 3 is 2.33 bits per heavy atom. The van der Waals surface area contributed by atoms with Crippen LogP contribution in [0.4, 0.5) is 4.79 Å². The molecule has 0 saturated carbocycles. The normalized spacial score (nSPS) is 14.0. The zero-order valence-electron chi connectivity index (χ0n) is 13.4. The lowest BCUT2D eigenvalue weighted by Gasteiger charge is -2.34. The van der Waals surface area contributed by atoms with E-state index in [0.717, 1.165) is 0 Å². The highest BCUT2D eigenvalue weighted by Crippen LogP contribution is 2.04. The number of hydrogen-bond acceptors (Lipinski definition) is 4. The smallest absolute Gasteiger partial charge is 0.410 e. The summed E-state index contributed by atoms with van der Waals surface area (Å²) < 4.78 is 4.96. The fraction of sp³-hybridized carbons (Fsp3) is 0.353. The van der Waals surface area contributed by atoms with Gasteiger partial charge in [0.15, 0.2) is 0 Å². The third-order valence-corrected chi connectivity index (χ3v) is 3.65. The molecular weight excluding hydrogens is 310 g/mol. The van der Waals surface area contributed by atoms with Crippen LogP contribution < -0.4 is 5.32 Å². The zero-order valence-corrected chi connectivity index (χ0v) is 13.4. The van der Waals surface area contributed by atoms with E-state index in [1.54, 1.807) is 34.1 Å². The van der Waals surface area contributed by atoms with Crippen molar-refractivity contribution in [3.8, 4) is 0 Å². The summed E-state index contributed by atoms with van der Waals surface area (Å²) >= 11 is 0. The number of ether oxygens (including phenoxy) is 1. The van der Waals surface area contributed by atoms with E-state index in [4.69, 9.17) is 4.74 Å². The van der Waals surface area contributed by atoms with E-state index in [2.05, 4.69) is 11.9 Å². The Hall–Kier alpha value is -2.83. The van der Waals surface area contributed by atoms with E-state index in [1.807, 2.05) is 6.07 Å². The number of carbonyl (C=O) groups is 3. The molecular formula is C17H21N3O4. The van der Waals surface area contributed by atoms with Crippen LogP contribution in [0, 0.1) is 0 Å². The first-order valence-corrected chi connectivity index (χ1v) is 7.75. The van der Waals surface area contributed by atoms with Gasteiger partial charge in [-0.25, -0.2) is 4.79 Å². The predicted molar refractivity (Wildman–Crippen MR) is 88.5 cm³/mol. The second kappa shape index (κ2) is 8.71. The van der Waals surface area contributed by atoms with Crippen molar-refractivity contribution in [1.82, 2.24) is 15.1 Å². The minimum absolute atomic E-state index is 0.0609. The Kier molecular flexibility index (Phi) is 6.36. The van der Waals surface area contributed by atoms with Crippen LogP contribution in [0.15, 0.2) is 43.0 Å². The summed E-state index contributed by atoms with van der Waals surface area (Å²) in [5.41, 5.74) is 0.514. The molecule has 2 rings (SSSR count). The minimum atomic E-state index is -0.403. The van der Waals surface area contributed by atoms with E-state index in [0.29, 0.717) is 31.7 Å². The van der Waals surface area contributed by atoms with E-state index in [-0.39, 0.29) is 25.0 Å². The molecule has 1 saturated heterocycles. The third kappa shape index (κ3) is 4.84. The molecule has 1 aromatic rings. The van der Waals surface area contributed by atoms with E-state index < -0.39 is 6.09 Å². The second-order valence-electron chi connectivity index (χ2n) is 5.28. The summed E-state index contributed by atoms with van der Waals surface area (Å²) in [5.74, 6) is -0.450. The van der Waals surface area contributed by atoms with Gasteiger partial charge in [-0.3, -0.25) is 9.59 Å². The Bertz CT molecular complexity index is 595. The summed E-state index contributed by atoms with van der Waals surface area (Å²) in [6.07, 6.45) is 1.10. The molecule has 128 valence electrons. The fourth-order valence-electron chi connectivity index (χ4n) is 2.32. The van der Waals surface area contributed by atoms with Crippen molar-refractivity contribution in [2.75, 3.05) is 39.3 Å². The summed E-state index contributed by atoms with van der Waals surface area (Å²) in [6, 6.07) is 8.73. The van der Waals surface area contributed by atoms with Gasteiger partial charge in [0.25, 0.3) is 5.91 Å². The van der Waals surface area contributed by atoms with Gasteiger partial charge in [-0.2, -0.15) is 0 Å².